The number of nitrogens with one attached hydrogen (secondary N) is 1. The van der Waals surface area contributed by atoms with Crippen molar-refractivity contribution >= 4 is 27.3 Å². The molecule has 0 aliphatic carbocycles. The summed E-state index contributed by atoms with van der Waals surface area (Å²) in [5, 5.41) is 3.45. The van der Waals surface area contributed by atoms with Crippen LogP contribution in [0.25, 0.3) is 0 Å². The Morgan fingerprint density at radius 2 is 2.21 bits per heavy atom. The minimum atomic E-state index is 0.282. The van der Waals surface area contributed by atoms with E-state index in [1.165, 1.54) is 14.2 Å². The average molecular weight is 277 g/mol. The highest BCUT2D eigenvalue weighted by Crippen LogP contribution is 2.30. The molecule has 4 heteroatoms. The molecule has 0 fully saturated rings. The molecule has 1 unspecified atom stereocenters. The zero-order valence-electron chi connectivity index (χ0n) is 8.80. The first-order valence-corrected chi connectivity index (χ1v) is 6.37. The molecular weight excluding hydrogens is 260 g/mol. The third-order valence-corrected chi connectivity index (χ3v) is 4.24. The molecule has 0 radical (unpaired) electrons. The summed E-state index contributed by atoms with van der Waals surface area (Å²) in [5.41, 5.74) is 5.74. The lowest BCUT2D eigenvalue weighted by Crippen LogP contribution is -2.32. The van der Waals surface area contributed by atoms with Gasteiger partial charge in [0.25, 0.3) is 0 Å². The van der Waals surface area contributed by atoms with Crippen LogP contribution in [0, 0.1) is 6.92 Å². The highest BCUT2D eigenvalue weighted by atomic mass is 79.9. The monoisotopic (exact) mass is 276 g/mol. The fraction of sp³-hybridized carbons (Fsp3) is 0.600. The molecule has 0 spiro atoms. The van der Waals surface area contributed by atoms with E-state index in [0.717, 1.165) is 0 Å². The van der Waals surface area contributed by atoms with Gasteiger partial charge in [-0.15, -0.1) is 11.3 Å². The summed E-state index contributed by atoms with van der Waals surface area (Å²) >= 11 is 5.32. The van der Waals surface area contributed by atoms with Gasteiger partial charge >= 0.3 is 0 Å². The van der Waals surface area contributed by atoms with Crippen LogP contribution in [0.3, 0.4) is 0 Å². The molecule has 0 amide bonds. The molecule has 14 heavy (non-hydrogen) atoms. The molecule has 0 aliphatic rings. The van der Waals surface area contributed by atoms with Crippen LogP contribution in [0.15, 0.2) is 10.5 Å². The number of hydrogen-bond donors (Lipinski definition) is 2. The van der Waals surface area contributed by atoms with Gasteiger partial charge in [0.2, 0.25) is 0 Å². The third kappa shape index (κ3) is 3.05. The summed E-state index contributed by atoms with van der Waals surface area (Å²) in [6, 6.07) is 2.90. The Kier molecular flexibility index (Phi) is 4.57. The Morgan fingerprint density at radius 1 is 1.57 bits per heavy atom. The maximum absolute atomic E-state index is 5.74. The van der Waals surface area contributed by atoms with Gasteiger partial charge in [0.15, 0.2) is 0 Å². The Hall–Kier alpha value is 0.100. The number of thiophene rings is 1. The van der Waals surface area contributed by atoms with E-state index < -0.39 is 0 Å². The van der Waals surface area contributed by atoms with Gasteiger partial charge in [0, 0.05) is 26.8 Å². The number of halogens is 1. The van der Waals surface area contributed by atoms with E-state index in [4.69, 9.17) is 5.73 Å². The van der Waals surface area contributed by atoms with E-state index in [2.05, 4.69) is 48.1 Å². The molecule has 0 aliphatic heterocycles. The Labute approximate surface area is 98.0 Å². The standard InChI is InChI=1S/C10H17BrN2S/c1-6(2)13-9(5-12)10-4-8(11)7(3)14-10/h4,6,9,13H,5,12H2,1-3H3. The minimum Gasteiger partial charge on any atom is -0.329 e. The fourth-order valence-corrected chi connectivity index (χ4v) is 2.96. The number of hydrogen-bond acceptors (Lipinski definition) is 3. The molecular formula is C10H17BrN2S. The highest BCUT2D eigenvalue weighted by molar-refractivity contribution is 9.10. The SMILES string of the molecule is Cc1sc(C(CN)NC(C)C)cc1Br. The normalized spacial score (nSPS) is 13.6. The molecule has 0 saturated heterocycles. The number of aryl methyl sites for hydroxylation is 1. The molecule has 0 saturated carbocycles. The van der Waals surface area contributed by atoms with Crippen LogP contribution in [-0.4, -0.2) is 12.6 Å². The highest BCUT2D eigenvalue weighted by Gasteiger charge is 2.14. The second-order valence-electron chi connectivity index (χ2n) is 3.66. The van der Waals surface area contributed by atoms with Gasteiger partial charge in [-0.25, -0.2) is 0 Å². The van der Waals surface area contributed by atoms with E-state index >= 15 is 0 Å². The molecule has 80 valence electrons. The van der Waals surface area contributed by atoms with Crippen molar-refractivity contribution in [1.29, 1.82) is 0 Å². The Morgan fingerprint density at radius 3 is 2.57 bits per heavy atom. The van der Waals surface area contributed by atoms with Crippen molar-refractivity contribution in [2.24, 2.45) is 5.73 Å². The van der Waals surface area contributed by atoms with Gasteiger partial charge in [0.1, 0.15) is 0 Å². The summed E-state index contributed by atoms with van der Waals surface area (Å²) in [6.45, 7) is 7.03. The molecule has 2 nitrogen and oxygen atoms in total. The van der Waals surface area contributed by atoms with Crippen LogP contribution < -0.4 is 11.1 Å². The van der Waals surface area contributed by atoms with Crippen molar-refractivity contribution in [3.63, 3.8) is 0 Å². The lowest BCUT2D eigenvalue weighted by molar-refractivity contribution is 0.489. The van der Waals surface area contributed by atoms with Gasteiger partial charge < -0.3 is 11.1 Å². The van der Waals surface area contributed by atoms with Gasteiger partial charge in [0.05, 0.1) is 6.04 Å². The first-order valence-electron chi connectivity index (χ1n) is 4.76. The first kappa shape index (κ1) is 12.2. The van der Waals surface area contributed by atoms with Crippen molar-refractivity contribution in [1.82, 2.24) is 5.32 Å². The Balaban J connectivity index is 2.78. The second kappa shape index (κ2) is 5.26. The largest absolute Gasteiger partial charge is 0.329 e. The average Bonchev–Trinajstić information content (AvgIpc) is 2.42. The topological polar surface area (TPSA) is 38.0 Å². The molecule has 0 bridgehead atoms. The molecule has 3 N–H and O–H groups in total. The summed E-state index contributed by atoms with van der Waals surface area (Å²) < 4.78 is 1.18. The smallest absolute Gasteiger partial charge is 0.0541 e. The quantitative estimate of drug-likeness (QED) is 0.888. The van der Waals surface area contributed by atoms with Gasteiger partial charge in [-0.3, -0.25) is 0 Å². The van der Waals surface area contributed by atoms with Crippen LogP contribution in [0.4, 0.5) is 0 Å². The third-order valence-electron chi connectivity index (χ3n) is 1.99. The van der Waals surface area contributed by atoms with Crippen LogP contribution in [0.2, 0.25) is 0 Å². The second-order valence-corrected chi connectivity index (χ2v) is 5.80. The zero-order valence-corrected chi connectivity index (χ0v) is 11.2. The minimum absolute atomic E-state index is 0.282. The van der Waals surface area contributed by atoms with Gasteiger partial charge in [-0.2, -0.15) is 0 Å². The van der Waals surface area contributed by atoms with Gasteiger partial charge in [-0.05, 0) is 28.9 Å². The van der Waals surface area contributed by atoms with Crippen molar-refractivity contribution in [2.45, 2.75) is 32.9 Å². The number of nitrogens with two attached hydrogens (primary N) is 1. The molecule has 1 rings (SSSR count). The maximum Gasteiger partial charge on any atom is 0.0541 e. The van der Waals surface area contributed by atoms with Crippen LogP contribution >= 0.6 is 27.3 Å². The van der Waals surface area contributed by atoms with E-state index in [0.29, 0.717) is 12.6 Å². The van der Waals surface area contributed by atoms with Crippen molar-refractivity contribution in [2.75, 3.05) is 6.54 Å². The van der Waals surface area contributed by atoms with E-state index in [-0.39, 0.29) is 6.04 Å². The van der Waals surface area contributed by atoms with E-state index in [1.54, 1.807) is 11.3 Å². The number of rotatable bonds is 4. The zero-order chi connectivity index (χ0) is 10.7. The molecule has 1 heterocycles. The van der Waals surface area contributed by atoms with Crippen molar-refractivity contribution in [3.05, 3.63) is 20.3 Å². The lowest BCUT2D eigenvalue weighted by atomic mass is 10.2. The van der Waals surface area contributed by atoms with Crippen LogP contribution in [0.1, 0.15) is 29.6 Å². The molecule has 1 atom stereocenters. The van der Waals surface area contributed by atoms with Crippen molar-refractivity contribution < 1.29 is 0 Å². The maximum atomic E-state index is 5.74. The lowest BCUT2D eigenvalue weighted by Gasteiger charge is -2.17. The fourth-order valence-electron chi connectivity index (χ4n) is 1.32. The summed E-state index contributed by atoms with van der Waals surface area (Å²) in [5.74, 6) is 0. The Bertz CT molecular complexity index is 277. The van der Waals surface area contributed by atoms with E-state index in [1.807, 2.05) is 0 Å². The predicted molar refractivity (Wildman–Crippen MR) is 66.8 cm³/mol. The van der Waals surface area contributed by atoms with E-state index in [9.17, 15) is 0 Å². The van der Waals surface area contributed by atoms with Crippen LogP contribution in [-0.2, 0) is 0 Å². The van der Waals surface area contributed by atoms with Crippen molar-refractivity contribution in [3.8, 4) is 0 Å². The first-order chi connectivity index (χ1) is 6.54. The molecule has 0 aromatic carbocycles. The summed E-state index contributed by atoms with van der Waals surface area (Å²) in [4.78, 5) is 2.62. The van der Waals surface area contributed by atoms with Crippen LogP contribution in [0.5, 0.6) is 0 Å². The summed E-state index contributed by atoms with van der Waals surface area (Å²) in [7, 11) is 0. The van der Waals surface area contributed by atoms with Gasteiger partial charge in [-0.1, -0.05) is 13.8 Å². The summed E-state index contributed by atoms with van der Waals surface area (Å²) in [6.07, 6.45) is 0. The molecule has 1 aromatic rings. The predicted octanol–water partition coefficient (Wildman–Crippen LogP) is 2.82. The molecule has 1 aromatic heterocycles.